The minimum absolute atomic E-state index is 0.0780. The van der Waals surface area contributed by atoms with Crippen molar-refractivity contribution in [3.05, 3.63) is 112 Å². The standard InChI is InChI=1S/C25H21N3O6/c29-23(15-14-18-10-4-7-13-22(18)28(33)34)26-20-12-6-5-11-19(20)24(30)27-21(25(31)32)16-17-8-2-1-3-9-17/h1-15,21H,16H2,(H,26,29)(H,27,30)(H,31,32)/b15-14+. The summed E-state index contributed by atoms with van der Waals surface area (Å²) in [5.41, 5.74) is 1.09. The number of benzene rings is 3. The van der Waals surface area contributed by atoms with Gasteiger partial charge in [-0.1, -0.05) is 54.6 Å². The molecule has 3 aromatic carbocycles. The van der Waals surface area contributed by atoms with E-state index in [1.165, 1.54) is 36.4 Å². The topological polar surface area (TPSA) is 139 Å². The fourth-order valence-corrected chi connectivity index (χ4v) is 3.21. The largest absolute Gasteiger partial charge is 0.480 e. The van der Waals surface area contributed by atoms with E-state index in [0.29, 0.717) is 0 Å². The first-order valence-electron chi connectivity index (χ1n) is 10.2. The van der Waals surface area contributed by atoms with E-state index in [4.69, 9.17) is 0 Å². The molecule has 9 heteroatoms. The van der Waals surface area contributed by atoms with Gasteiger partial charge in [0, 0.05) is 18.6 Å². The molecular formula is C25H21N3O6. The molecule has 0 saturated carbocycles. The number of hydrogen-bond donors (Lipinski definition) is 3. The molecule has 3 aromatic rings. The van der Waals surface area contributed by atoms with Gasteiger partial charge in [-0.3, -0.25) is 19.7 Å². The van der Waals surface area contributed by atoms with Gasteiger partial charge < -0.3 is 15.7 Å². The van der Waals surface area contributed by atoms with Gasteiger partial charge in [-0.05, 0) is 29.8 Å². The van der Waals surface area contributed by atoms with Crippen molar-refractivity contribution >= 4 is 35.2 Å². The number of aliphatic carboxylic acids is 1. The number of nitro benzene ring substituents is 1. The summed E-state index contributed by atoms with van der Waals surface area (Å²) in [4.78, 5) is 47.5. The third-order valence-corrected chi connectivity index (χ3v) is 4.86. The van der Waals surface area contributed by atoms with E-state index < -0.39 is 28.7 Å². The zero-order chi connectivity index (χ0) is 24.5. The van der Waals surface area contributed by atoms with Crippen LogP contribution in [-0.2, 0) is 16.0 Å². The summed E-state index contributed by atoms with van der Waals surface area (Å²) in [5.74, 6) is -2.47. The molecule has 3 N–H and O–H groups in total. The van der Waals surface area contributed by atoms with E-state index in [9.17, 15) is 29.6 Å². The van der Waals surface area contributed by atoms with E-state index in [0.717, 1.165) is 11.6 Å². The maximum absolute atomic E-state index is 12.8. The van der Waals surface area contributed by atoms with Gasteiger partial charge in [0.05, 0.1) is 21.7 Å². The van der Waals surface area contributed by atoms with Gasteiger partial charge >= 0.3 is 5.97 Å². The third-order valence-electron chi connectivity index (χ3n) is 4.86. The summed E-state index contributed by atoms with van der Waals surface area (Å²) in [7, 11) is 0. The number of hydrogen-bond acceptors (Lipinski definition) is 5. The number of nitrogens with zero attached hydrogens (tertiary/aromatic N) is 1. The second-order valence-electron chi connectivity index (χ2n) is 7.24. The number of nitro groups is 1. The quantitative estimate of drug-likeness (QED) is 0.253. The first kappa shape index (κ1) is 23.9. The fourth-order valence-electron chi connectivity index (χ4n) is 3.21. The molecule has 0 aliphatic heterocycles. The summed E-state index contributed by atoms with van der Waals surface area (Å²) in [6.07, 6.45) is 2.51. The average molecular weight is 459 g/mol. The van der Waals surface area contributed by atoms with E-state index in [2.05, 4.69) is 10.6 Å². The van der Waals surface area contributed by atoms with Crippen molar-refractivity contribution in [3.8, 4) is 0 Å². The molecule has 34 heavy (non-hydrogen) atoms. The molecule has 3 rings (SSSR count). The van der Waals surface area contributed by atoms with Crippen LogP contribution in [0.25, 0.3) is 6.08 Å². The maximum atomic E-state index is 12.8. The Kier molecular flexibility index (Phi) is 7.85. The molecule has 0 heterocycles. The third kappa shape index (κ3) is 6.36. The monoisotopic (exact) mass is 459 g/mol. The highest BCUT2D eigenvalue weighted by molar-refractivity contribution is 6.08. The molecule has 0 bridgehead atoms. The van der Waals surface area contributed by atoms with Crippen LogP contribution < -0.4 is 10.6 Å². The van der Waals surface area contributed by atoms with Crippen LogP contribution in [0.3, 0.4) is 0 Å². The molecule has 172 valence electrons. The second-order valence-corrected chi connectivity index (χ2v) is 7.24. The highest BCUT2D eigenvalue weighted by Crippen LogP contribution is 2.20. The Morgan fingerprint density at radius 2 is 1.59 bits per heavy atom. The van der Waals surface area contributed by atoms with Crippen molar-refractivity contribution in [1.82, 2.24) is 5.32 Å². The lowest BCUT2D eigenvalue weighted by molar-refractivity contribution is -0.385. The predicted molar refractivity (Wildman–Crippen MR) is 126 cm³/mol. The number of nitrogens with one attached hydrogen (secondary N) is 2. The van der Waals surface area contributed by atoms with Crippen LogP contribution >= 0.6 is 0 Å². The lowest BCUT2D eigenvalue weighted by Gasteiger charge is -2.16. The minimum Gasteiger partial charge on any atom is -0.480 e. The molecular weight excluding hydrogens is 438 g/mol. The van der Waals surface area contributed by atoms with E-state index in [1.807, 2.05) is 0 Å². The van der Waals surface area contributed by atoms with Gasteiger partial charge in [-0.15, -0.1) is 0 Å². The van der Waals surface area contributed by atoms with Crippen LogP contribution in [0, 0.1) is 10.1 Å². The van der Waals surface area contributed by atoms with Gasteiger partial charge in [0.2, 0.25) is 5.91 Å². The number of carbonyl (C=O) groups is 3. The van der Waals surface area contributed by atoms with Gasteiger partial charge in [0.25, 0.3) is 11.6 Å². The Morgan fingerprint density at radius 3 is 2.29 bits per heavy atom. The van der Waals surface area contributed by atoms with Crippen molar-refractivity contribution < 1.29 is 24.4 Å². The number of para-hydroxylation sites is 2. The Bertz CT molecular complexity index is 1240. The van der Waals surface area contributed by atoms with Crippen molar-refractivity contribution in [1.29, 1.82) is 0 Å². The molecule has 1 atom stereocenters. The van der Waals surface area contributed by atoms with Gasteiger partial charge in [0.15, 0.2) is 0 Å². The number of carbonyl (C=O) groups excluding carboxylic acids is 2. The Hall–Kier alpha value is -4.79. The SMILES string of the molecule is O=C(/C=C/c1ccccc1[N+](=O)[O-])Nc1ccccc1C(=O)NC(Cc1ccccc1)C(=O)O. The van der Waals surface area contributed by atoms with E-state index in [1.54, 1.807) is 48.5 Å². The molecule has 0 spiro atoms. The number of rotatable bonds is 9. The number of carboxylic acid groups (broad SMARTS) is 1. The first-order valence-corrected chi connectivity index (χ1v) is 10.2. The van der Waals surface area contributed by atoms with Crippen LogP contribution in [0.4, 0.5) is 11.4 Å². The summed E-state index contributed by atoms with van der Waals surface area (Å²) in [5, 5.41) is 25.7. The van der Waals surface area contributed by atoms with Crippen LogP contribution in [0.15, 0.2) is 84.9 Å². The Labute approximate surface area is 194 Å². The Balaban J connectivity index is 1.73. The zero-order valence-electron chi connectivity index (χ0n) is 17.9. The molecule has 0 radical (unpaired) electrons. The van der Waals surface area contributed by atoms with Gasteiger partial charge in [-0.2, -0.15) is 0 Å². The van der Waals surface area contributed by atoms with Crippen LogP contribution in [0.2, 0.25) is 0 Å². The van der Waals surface area contributed by atoms with Crippen molar-refractivity contribution in [2.75, 3.05) is 5.32 Å². The summed E-state index contributed by atoms with van der Waals surface area (Å²) in [6.45, 7) is 0. The molecule has 0 aliphatic rings. The summed E-state index contributed by atoms with van der Waals surface area (Å²) < 4.78 is 0. The normalized spacial score (nSPS) is 11.5. The lowest BCUT2D eigenvalue weighted by Crippen LogP contribution is -2.42. The molecule has 2 amide bonds. The van der Waals surface area contributed by atoms with Gasteiger partial charge in [0.1, 0.15) is 6.04 Å². The van der Waals surface area contributed by atoms with Crippen molar-refractivity contribution in [2.24, 2.45) is 0 Å². The summed E-state index contributed by atoms with van der Waals surface area (Å²) >= 11 is 0. The average Bonchev–Trinajstić information content (AvgIpc) is 2.83. The molecule has 9 nitrogen and oxygen atoms in total. The number of anilines is 1. The van der Waals surface area contributed by atoms with Crippen LogP contribution in [0.1, 0.15) is 21.5 Å². The maximum Gasteiger partial charge on any atom is 0.326 e. The molecule has 0 saturated heterocycles. The second kappa shape index (κ2) is 11.2. The minimum atomic E-state index is -1.19. The molecule has 0 fully saturated rings. The first-order chi connectivity index (χ1) is 16.3. The van der Waals surface area contributed by atoms with Gasteiger partial charge in [-0.25, -0.2) is 4.79 Å². The molecule has 0 aliphatic carbocycles. The smallest absolute Gasteiger partial charge is 0.326 e. The fraction of sp³-hybridized carbons (Fsp3) is 0.0800. The van der Waals surface area contributed by atoms with E-state index in [-0.39, 0.29) is 28.9 Å². The Morgan fingerprint density at radius 1 is 0.941 bits per heavy atom. The molecule has 0 aromatic heterocycles. The lowest BCUT2D eigenvalue weighted by atomic mass is 10.1. The van der Waals surface area contributed by atoms with Crippen LogP contribution in [0.5, 0.6) is 0 Å². The summed E-state index contributed by atoms with van der Waals surface area (Å²) in [6, 6.07) is 19.8. The molecule has 1 unspecified atom stereocenters. The van der Waals surface area contributed by atoms with Crippen molar-refractivity contribution in [3.63, 3.8) is 0 Å². The highest BCUT2D eigenvalue weighted by Gasteiger charge is 2.22. The van der Waals surface area contributed by atoms with Crippen LogP contribution in [-0.4, -0.2) is 33.9 Å². The number of amides is 2. The van der Waals surface area contributed by atoms with E-state index >= 15 is 0 Å². The zero-order valence-corrected chi connectivity index (χ0v) is 17.9. The number of carboxylic acids is 1. The highest BCUT2D eigenvalue weighted by atomic mass is 16.6. The predicted octanol–water partition coefficient (Wildman–Crippen LogP) is 3.67. The van der Waals surface area contributed by atoms with Crippen molar-refractivity contribution in [2.45, 2.75) is 12.5 Å².